The van der Waals surface area contributed by atoms with E-state index in [4.69, 9.17) is 9.15 Å². The maximum atomic E-state index is 5.73. The van der Waals surface area contributed by atoms with Crippen LogP contribution in [-0.4, -0.2) is 10.2 Å². The number of nitrogens with zero attached hydrogens (tertiary/aromatic N) is 2. The largest absolute Gasteiger partial charge is 0.484 e. The van der Waals surface area contributed by atoms with Crippen molar-refractivity contribution in [3.05, 3.63) is 66.1 Å². The van der Waals surface area contributed by atoms with E-state index in [1.807, 2.05) is 42.5 Å². The molecule has 0 aliphatic rings. The SMILES string of the molecule is CCCCCc1ccc(OCc2nnc(-c3ccccc3)o2)cc1. The van der Waals surface area contributed by atoms with Gasteiger partial charge in [0.05, 0.1) is 0 Å². The third kappa shape index (κ3) is 4.44. The molecule has 2 aromatic carbocycles. The molecule has 0 fully saturated rings. The van der Waals surface area contributed by atoms with Gasteiger partial charge in [0, 0.05) is 5.56 Å². The van der Waals surface area contributed by atoms with Crippen LogP contribution < -0.4 is 4.74 Å². The minimum absolute atomic E-state index is 0.273. The Morgan fingerprint density at radius 1 is 0.917 bits per heavy atom. The Bertz CT molecular complexity index is 736. The number of rotatable bonds is 8. The van der Waals surface area contributed by atoms with Crippen molar-refractivity contribution in [1.82, 2.24) is 10.2 Å². The van der Waals surface area contributed by atoms with E-state index < -0.39 is 0 Å². The molecule has 0 unspecified atom stereocenters. The molecule has 1 aromatic heterocycles. The second-order valence-corrected chi connectivity index (χ2v) is 5.76. The predicted molar refractivity (Wildman–Crippen MR) is 93.7 cm³/mol. The van der Waals surface area contributed by atoms with E-state index in [0.717, 1.165) is 17.7 Å². The van der Waals surface area contributed by atoms with Gasteiger partial charge in [0.25, 0.3) is 5.89 Å². The van der Waals surface area contributed by atoms with Gasteiger partial charge in [-0.3, -0.25) is 0 Å². The minimum atomic E-state index is 0.273. The topological polar surface area (TPSA) is 48.2 Å². The Hall–Kier alpha value is -2.62. The summed E-state index contributed by atoms with van der Waals surface area (Å²) < 4.78 is 11.4. The van der Waals surface area contributed by atoms with Crippen LogP contribution in [0.2, 0.25) is 0 Å². The maximum absolute atomic E-state index is 5.73. The summed E-state index contributed by atoms with van der Waals surface area (Å²) in [7, 11) is 0. The van der Waals surface area contributed by atoms with E-state index in [1.54, 1.807) is 0 Å². The van der Waals surface area contributed by atoms with Gasteiger partial charge in [-0.25, -0.2) is 0 Å². The third-order valence-corrected chi connectivity index (χ3v) is 3.84. The summed E-state index contributed by atoms with van der Waals surface area (Å²) in [6, 6.07) is 17.9. The van der Waals surface area contributed by atoms with E-state index in [-0.39, 0.29) is 6.61 Å². The molecule has 0 amide bonds. The van der Waals surface area contributed by atoms with E-state index in [9.17, 15) is 0 Å². The van der Waals surface area contributed by atoms with Gasteiger partial charge in [-0.05, 0) is 42.7 Å². The van der Waals surface area contributed by atoms with Gasteiger partial charge in [0.1, 0.15) is 5.75 Å². The zero-order valence-electron chi connectivity index (χ0n) is 13.9. The first-order valence-electron chi connectivity index (χ1n) is 8.44. The Morgan fingerprint density at radius 2 is 1.71 bits per heavy atom. The smallest absolute Gasteiger partial charge is 0.254 e. The number of ether oxygens (including phenoxy) is 1. The van der Waals surface area contributed by atoms with Crippen LogP contribution in [0.5, 0.6) is 5.75 Å². The quantitative estimate of drug-likeness (QED) is 0.545. The summed E-state index contributed by atoms with van der Waals surface area (Å²) in [5, 5.41) is 8.09. The van der Waals surface area contributed by atoms with Crippen LogP contribution >= 0.6 is 0 Å². The Kier molecular flexibility index (Phi) is 5.61. The zero-order chi connectivity index (χ0) is 16.6. The highest BCUT2D eigenvalue weighted by Crippen LogP contribution is 2.19. The van der Waals surface area contributed by atoms with Gasteiger partial charge < -0.3 is 9.15 Å². The van der Waals surface area contributed by atoms with Gasteiger partial charge >= 0.3 is 0 Å². The molecule has 1 heterocycles. The fourth-order valence-corrected chi connectivity index (χ4v) is 2.49. The predicted octanol–water partition coefficient (Wildman–Crippen LogP) is 5.05. The van der Waals surface area contributed by atoms with Gasteiger partial charge in [0.15, 0.2) is 6.61 Å². The van der Waals surface area contributed by atoms with Crippen molar-refractivity contribution in [3.63, 3.8) is 0 Å². The molecular weight excluding hydrogens is 300 g/mol. The van der Waals surface area contributed by atoms with Crippen molar-refractivity contribution in [1.29, 1.82) is 0 Å². The molecule has 3 aromatic rings. The van der Waals surface area contributed by atoms with Gasteiger partial charge in [-0.15, -0.1) is 10.2 Å². The van der Waals surface area contributed by atoms with Crippen LogP contribution in [0.15, 0.2) is 59.0 Å². The first kappa shape index (κ1) is 16.2. The molecule has 3 rings (SSSR count). The Labute approximate surface area is 142 Å². The van der Waals surface area contributed by atoms with Crippen molar-refractivity contribution in [2.45, 2.75) is 39.2 Å². The second kappa shape index (κ2) is 8.29. The summed E-state index contributed by atoms with van der Waals surface area (Å²) in [6.07, 6.45) is 4.88. The molecule has 0 spiro atoms. The average molecular weight is 322 g/mol. The molecule has 24 heavy (non-hydrogen) atoms. The fraction of sp³-hybridized carbons (Fsp3) is 0.300. The first-order chi connectivity index (χ1) is 11.8. The summed E-state index contributed by atoms with van der Waals surface area (Å²) >= 11 is 0. The number of aromatic nitrogens is 2. The number of aryl methyl sites for hydroxylation is 1. The molecule has 0 N–H and O–H groups in total. The fourth-order valence-electron chi connectivity index (χ4n) is 2.49. The van der Waals surface area contributed by atoms with E-state index >= 15 is 0 Å². The average Bonchev–Trinajstić information content (AvgIpc) is 3.11. The molecule has 4 nitrogen and oxygen atoms in total. The summed E-state index contributed by atoms with van der Waals surface area (Å²) in [4.78, 5) is 0. The Balaban J connectivity index is 1.53. The highest BCUT2D eigenvalue weighted by Gasteiger charge is 2.08. The van der Waals surface area contributed by atoms with Crippen LogP contribution in [-0.2, 0) is 13.0 Å². The molecule has 4 heteroatoms. The number of benzene rings is 2. The molecule has 0 saturated heterocycles. The number of hydrogen-bond acceptors (Lipinski definition) is 4. The zero-order valence-corrected chi connectivity index (χ0v) is 13.9. The van der Waals surface area contributed by atoms with E-state index in [0.29, 0.717) is 11.8 Å². The summed E-state index contributed by atoms with van der Waals surface area (Å²) in [6.45, 7) is 2.49. The molecule has 0 atom stereocenters. The lowest BCUT2D eigenvalue weighted by molar-refractivity contribution is 0.264. The summed E-state index contributed by atoms with van der Waals surface area (Å²) in [5.74, 6) is 1.80. The maximum Gasteiger partial charge on any atom is 0.254 e. The van der Waals surface area contributed by atoms with Crippen molar-refractivity contribution in [3.8, 4) is 17.2 Å². The Morgan fingerprint density at radius 3 is 2.46 bits per heavy atom. The normalized spacial score (nSPS) is 10.7. The molecule has 0 saturated carbocycles. The molecule has 0 aliphatic carbocycles. The molecule has 0 radical (unpaired) electrons. The highest BCUT2D eigenvalue weighted by molar-refractivity contribution is 5.51. The highest BCUT2D eigenvalue weighted by atomic mass is 16.5. The van der Waals surface area contributed by atoms with Crippen LogP contribution in [0.3, 0.4) is 0 Å². The third-order valence-electron chi connectivity index (χ3n) is 3.84. The van der Waals surface area contributed by atoms with Gasteiger partial charge in [-0.1, -0.05) is 50.1 Å². The summed E-state index contributed by atoms with van der Waals surface area (Å²) in [5.41, 5.74) is 2.26. The van der Waals surface area contributed by atoms with E-state index in [2.05, 4.69) is 29.3 Å². The van der Waals surface area contributed by atoms with Crippen molar-refractivity contribution < 1.29 is 9.15 Å². The lowest BCUT2D eigenvalue weighted by Crippen LogP contribution is -1.96. The van der Waals surface area contributed by atoms with E-state index in [1.165, 1.54) is 24.8 Å². The van der Waals surface area contributed by atoms with Crippen LogP contribution in [0, 0.1) is 0 Å². The number of hydrogen-bond donors (Lipinski definition) is 0. The monoisotopic (exact) mass is 322 g/mol. The van der Waals surface area contributed by atoms with Crippen LogP contribution in [0.1, 0.15) is 37.6 Å². The van der Waals surface area contributed by atoms with Crippen molar-refractivity contribution in [2.24, 2.45) is 0 Å². The molecule has 124 valence electrons. The van der Waals surface area contributed by atoms with Crippen molar-refractivity contribution >= 4 is 0 Å². The minimum Gasteiger partial charge on any atom is -0.484 e. The standard InChI is InChI=1S/C20H22N2O2/c1-2-3-5-8-16-11-13-18(14-12-16)23-15-19-21-22-20(24-19)17-9-6-4-7-10-17/h4,6-7,9-14H,2-3,5,8,15H2,1H3. The lowest BCUT2D eigenvalue weighted by Gasteiger charge is -2.05. The molecular formula is C20H22N2O2. The second-order valence-electron chi connectivity index (χ2n) is 5.76. The lowest BCUT2D eigenvalue weighted by atomic mass is 10.1. The van der Waals surface area contributed by atoms with Crippen LogP contribution in [0.25, 0.3) is 11.5 Å². The van der Waals surface area contributed by atoms with Crippen molar-refractivity contribution in [2.75, 3.05) is 0 Å². The first-order valence-corrected chi connectivity index (χ1v) is 8.44. The van der Waals surface area contributed by atoms with Crippen LogP contribution in [0.4, 0.5) is 0 Å². The van der Waals surface area contributed by atoms with Gasteiger partial charge in [-0.2, -0.15) is 0 Å². The van der Waals surface area contributed by atoms with Gasteiger partial charge in [0.2, 0.25) is 5.89 Å². The number of unbranched alkanes of at least 4 members (excludes halogenated alkanes) is 2. The molecule has 0 bridgehead atoms. The molecule has 0 aliphatic heterocycles.